The molecule has 1 atom stereocenters. The van der Waals surface area contributed by atoms with Crippen LogP contribution in [0.5, 0.6) is 0 Å². The molecule has 1 rings (SSSR count). The lowest BCUT2D eigenvalue weighted by atomic mass is 10.0. The molecule has 0 aromatic heterocycles. The zero-order chi connectivity index (χ0) is 12.2. The summed E-state index contributed by atoms with van der Waals surface area (Å²) in [5.41, 5.74) is -0.790. The zero-order valence-corrected chi connectivity index (χ0v) is 10.6. The number of hydrogen-bond donors (Lipinski definition) is 2. The van der Waals surface area contributed by atoms with Crippen LogP contribution in [0.1, 0.15) is 27.2 Å². The first-order chi connectivity index (χ1) is 7.37. The van der Waals surface area contributed by atoms with Crippen LogP contribution >= 0.6 is 0 Å². The third kappa shape index (κ3) is 3.98. The van der Waals surface area contributed by atoms with Gasteiger partial charge >= 0.3 is 6.09 Å². The number of alkyl carbamates (subject to hydrolysis) is 1. The molecule has 0 aromatic carbocycles. The normalized spacial score (nSPS) is 25.5. The molecule has 1 aliphatic heterocycles. The lowest BCUT2D eigenvalue weighted by molar-refractivity contribution is 0.0382. The molecule has 1 heterocycles. The number of nitrogens with one attached hydrogen (secondary N) is 2. The molecule has 1 aliphatic rings. The van der Waals surface area contributed by atoms with Crippen molar-refractivity contribution in [2.45, 2.75) is 38.3 Å². The molecule has 1 amide bonds. The Hall–Kier alpha value is -0.810. The van der Waals surface area contributed by atoms with Crippen molar-refractivity contribution >= 4 is 6.09 Å². The minimum Gasteiger partial charge on any atom is -0.444 e. The Morgan fingerprint density at radius 1 is 1.50 bits per heavy atom. The molecule has 5 heteroatoms. The molecule has 0 radical (unpaired) electrons. The van der Waals surface area contributed by atoms with Crippen molar-refractivity contribution in [2.24, 2.45) is 0 Å². The Morgan fingerprint density at radius 3 is 2.62 bits per heavy atom. The lowest BCUT2D eigenvalue weighted by Crippen LogP contribution is -2.54. The van der Waals surface area contributed by atoms with Gasteiger partial charge < -0.3 is 20.1 Å². The number of rotatable bonds is 3. The number of ether oxygens (including phenoxy) is 2. The Kier molecular flexibility index (Phi) is 4.15. The summed E-state index contributed by atoms with van der Waals surface area (Å²) in [5.74, 6) is 0. The molecule has 94 valence electrons. The highest BCUT2D eigenvalue weighted by molar-refractivity contribution is 5.69. The van der Waals surface area contributed by atoms with Crippen LogP contribution in [0.4, 0.5) is 4.79 Å². The molecule has 1 unspecified atom stereocenters. The summed E-state index contributed by atoms with van der Waals surface area (Å²) in [6.07, 6.45) is 0.480. The van der Waals surface area contributed by atoms with E-state index in [1.54, 1.807) is 7.11 Å². The van der Waals surface area contributed by atoms with Crippen molar-refractivity contribution in [2.75, 3.05) is 26.8 Å². The first-order valence-electron chi connectivity index (χ1n) is 5.58. The number of hydrogen-bond acceptors (Lipinski definition) is 4. The fraction of sp³-hybridized carbons (Fsp3) is 0.909. The maximum absolute atomic E-state index is 11.7. The highest BCUT2D eigenvalue weighted by Gasteiger charge is 2.36. The van der Waals surface area contributed by atoms with Crippen LogP contribution < -0.4 is 10.6 Å². The Morgan fingerprint density at radius 2 is 2.19 bits per heavy atom. The summed E-state index contributed by atoms with van der Waals surface area (Å²) >= 11 is 0. The molecule has 0 aliphatic carbocycles. The molecule has 0 saturated carbocycles. The predicted molar refractivity (Wildman–Crippen MR) is 61.5 cm³/mol. The fourth-order valence-corrected chi connectivity index (χ4v) is 1.81. The Balaban J connectivity index is 2.52. The summed E-state index contributed by atoms with van der Waals surface area (Å²) in [5, 5.41) is 6.12. The molecule has 0 bridgehead atoms. The summed E-state index contributed by atoms with van der Waals surface area (Å²) in [6, 6.07) is 0. The molecule has 1 fully saturated rings. The quantitative estimate of drug-likeness (QED) is 0.756. The zero-order valence-electron chi connectivity index (χ0n) is 10.6. The van der Waals surface area contributed by atoms with Crippen molar-refractivity contribution in [3.8, 4) is 0 Å². The van der Waals surface area contributed by atoms with E-state index < -0.39 is 5.60 Å². The van der Waals surface area contributed by atoms with Gasteiger partial charge in [-0.1, -0.05) is 0 Å². The molecule has 5 nitrogen and oxygen atoms in total. The molecular weight excluding hydrogens is 208 g/mol. The Labute approximate surface area is 96.9 Å². The van der Waals surface area contributed by atoms with Crippen LogP contribution in [-0.2, 0) is 9.47 Å². The van der Waals surface area contributed by atoms with Crippen LogP contribution in [0.15, 0.2) is 0 Å². The van der Waals surface area contributed by atoms with E-state index in [2.05, 4.69) is 10.6 Å². The summed E-state index contributed by atoms with van der Waals surface area (Å²) in [7, 11) is 1.64. The van der Waals surface area contributed by atoms with Crippen molar-refractivity contribution in [1.29, 1.82) is 0 Å². The molecular formula is C11H22N2O3. The first kappa shape index (κ1) is 13.3. The van der Waals surface area contributed by atoms with E-state index in [1.807, 2.05) is 20.8 Å². The van der Waals surface area contributed by atoms with Gasteiger partial charge in [-0.2, -0.15) is 0 Å². The Bertz CT molecular complexity index is 242. The maximum atomic E-state index is 11.7. The van der Waals surface area contributed by atoms with E-state index >= 15 is 0 Å². The van der Waals surface area contributed by atoms with E-state index in [0.29, 0.717) is 6.61 Å². The minimum absolute atomic E-state index is 0.322. The van der Waals surface area contributed by atoms with E-state index in [1.165, 1.54) is 0 Å². The van der Waals surface area contributed by atoms with Gasteiger partial charge in [0.05, 0.1) is 12.1 Å². The second kappa shape index (κ2) is 5.01. The second-order valence-corrected chi connectivity index (χ2v) is 5.27. The van der Waals surface area contributed by atoms with Gasteiger partial charge in [0.1, 0.15) is 5.60 Å². The van der Waals surface area contributed by atoms with Gasteiger partial charge in [0.15, 0.2) is 0 Å². The summed E-state index contributed by atoms with van der Waals surface area (Å²) in [4.78, 5) is 11.7. The van der Waals surface area contributed by atoms with E-state index in [-0.39, 0.29) is 11.6 Å². The third-order valence-corrected chi connectivity index (χ3v) is 2.43. The fourth-order valence-electron chi connectivity index (χ4n) is 1.81. The molecule has 16 heavy (non-hydrogen) atoms. The molecule has 0 aromatic rings. The van der Waals surface area contributed by atoms with E-state index in [9.17, 15) is 4.79 Å². The van der Waals surface area contributed by atoms with E-state index in [4.69, 9.17) is 9.47 Å². The molecule has 0 spiro atoms. The number of carbonyl (C=O) groups is 1. The van der Waals surface area contributed by atoms with Gasteiger partial charge in [0, 0.05) is 13.7 Å². The van der Waals surface area contributed by atoms with Crippen LogP contribution in [0, 0.1) is 0 Å². The largest absolute Gasteiger partial charge is 0.444 e. The second-order valence-electron chi connectivity index (χ2n) is 5.27. The highest BCUT2D eigenvalue weighted by atomic mass is 16.6. The van der Waals surface area contributed by atoms with Crippen molar-refractivity contribution in [1.82, 2.24) is 10.6 Å². The van der Waals surface area contributed by atoms with Gasteiger partial charge in [-0.3, -0.25) is 0 Å². The van der Waals surface area contributed by atoms with Crippen molar-refractivity contribution in [3.05, 3.63) is 0 Å². The predicted octanol–water partition coefficient (Wildman–Crippen LogP) is 0.890. The highest BCUT2D eigenvalue weighted by Crippen LogP contribution is 2.16. The van der Waals surface area contributed by atoms with Crippen molar-refractivity contribution < 1.29 is 14.3 Å². The first-order valence-corrected chi connectivity index (χ1v) is 5.58. The topological polar surface area (TPSA) is 59.6 Å². The average molecular weight is 230 g/mol. The van der Waals surface area contributed by atoms with Gasteiger partial charge in [-0.15, -0.1) is 0 Å². The van der Waals surface area contributed by atoms with Crippen LogP contribution in [0.2, 0.25) is 0 Å². The third-order valence-electron chi connectivity index (χ3n) is 2.43. The van der Waals surface area contributed by atoms with Gasteiger partial charge in [-0.25, -0.2) is 4.79 Å². The smallest absolute Gasteiger partial charge is 0.408 e. The number of amides is 1. The monoisotopic (exact) mass is 230 g/mol. The summed E-state index contributed by atoms with van der Waals surface area (Å²) in [6.45, 7) is 7.66. The standard InChI is InChI=1S/C11H22N2O3/c1-10(2,3)16-9(14)13-11(8-15-4)5-6-12-7-11/h12H,5-8H2,1-4H3,(H,13,14). The van der Waals surface area contributed by atoms with E-state index in [0.717, 1.165) is 19.5 Å². The minimum atomic E-state index is -0.468. The van der Waals surface area contributed by atoms with Crippen LogP contribution in [-0.4, -0.2) is 44.0 Å². The van der Waals surface area contributed by atoms with Crippen LogP contribution in [0.3, 0.4) is 0 Å². The number of carbonyl (C=O) groups excluding carboxylic acids is 1. The van der Waals surface area contributed by atoms with Gasteiger partial charge in [-0.05, 0) is 33.7 Å². The lowest BCUT2D eigenvalue weighted by Gasteiger charge is -2.30. The molecule has 2 N–H and O–H groups in total. The SMILES string of the molecule is COCC1(NC(=O)OC(C)(C)C)CCNC1. The average Bonchev–Trinajstić information content (AvgIpc) is 2.49. The van der Waals surface area contributed by atoms with Gasteiger partial charge in [0.2, 0.25) is 0 Å². The number of methoxy groups -OCH3 is 1. The van der Waals surface area contributed by atoms with Crippen LogP contribution in [0.25, 0.3) is 0 Å². The van der Waals surface area contributed by atoms with Gasteiger partial charge in [0.25, 0.3) is 0 Å². The summed E-state index contributed by atoms with van der Waals surface area (Å²) < 4.78 is 10.4. The maximum Gasteiger partial charge on any atom is 0.408 e. The van der Waals surface area contributed by atoms with Crippen molar-refractivity contribution in [3.63, 3.8) is 0 Å². The molecule has 1 saturated heterocycles.